The summed E-state index contributed by atoms with van der Waals surface area (Å²) in [6, 6.07) is 7.69. The van der Waals surface area contributed by atoms with Crippen LogP contribution in [0.25, 0.3) is 0 Å². The Morgan fingerprint density at radius 3 is 2.69 bits per heavy atom. The number of nitrogens with one attached hydrogen (secondary N) is 1. The van der Waals surface area contributed by atoms with Gasteiger partial charge >= 0.3 is 5.82 Å². The summed E-state index contributed by atoms with van der Waals surface area (Å²) in [6.45, 7) is 4.01. The van der Waals surface area contributed by atoms with Crippen LogP contribution in [-0.2, 0) is 6.67 Å². The Balaban J connectivity index is 1.51. The molecule has 1 saturated heterocycles. The monoisotopic (exact) mass is 421 g/mol. The normalized spacial score (nSPS) is 15.8. The van der Waals surface area contributed by atoms with E-state index >= 15 is 0 Å². The number of halogens is 1. The van der Waals surface area contributed by atoms with Gasteiger partial charge in [-0.05, 0) is 52.2 Å². The molecule has 1 fully saturated rings. The number of rotatable bonds is 5. The standard InChI is InChI=1S/C17H20BrN5O3/c1-12-4-2-3-5-14(12)17(24)19-13-6-8-21(9-7-13)11-22-10-15(18)16(20-22)23(25)26/h2-5,10,13H,6-9,11H2,1H3,(H,19,24). The third-order valence-corrected chi connectivity index (χ3v) is 5.09. The highest BCUT2D eigenvalue weighted by molar-refractivity contribution is 9.10. The van der Waals surface area contributed by atoms with Crippen LogP contribution in [0.15, 0.2) is 34.9 Å². The second-order valence-corrected chi connectivity index (χ2v) is 7.27. The maximum absolute atomic E-state index is 12.4. The topological polar surface area (TPSA) is 93.3 Å². The lowest BCUT2D eigenvalue weighted by atomic mass is 10.0. The molecule has 0 atom stereocenters. The Morgan fingerprint density at radius 2 is 2.08 bits per heavy atom. The van der Waals surface area contributed by atoms with Gasteiger partial charge in [-0.3, -0.25) is 9.69 Å². The van der Waals surface area contributed by atoms with E-state index in [1.807, 2.05) is 31.2 Å². The fourth-order valence-corrected chi connectivity index (χ4v) is 3.56. The van der Waals surface area contributed by atoms with Gasteiger partial charge in [0.2, 0.25) is 0 Å². The van der Waals surface area contributed by atoms with Gasteiger partial charge in [-0.15, -0.1) is 0 Å². The summed E-state index contributed by atoms with van der Waals surface area (Å²) in [5, 5.41) is 17.9. The average molecular weight is 422 g/mol. The molecule has 8 nitrogen and oxygen atoms in total. The van der Waals surface area contributed by atoms with E-state index in [0.29, 0.717) is 16.7 Å². The second kappa shape index (κ2) is 7.96. The molecule has 3 rings (SSSR count). The van der Waals surface area contributed by atoms with Crippen molar-refractivity contribution in [3.05, 3.63) is 56.2 Å². The van der Waals surface area contributed by atoms with Crippen molar-refractivity contribution in [2.75, 3.05) is 13.1 Å². The first-order chi connectivity index (χ1) is 12.4. The average Bonchev–Trinajstić information content (AvgIpc) is 2.97. The van der Waals surface area contributed by atoms with Gasteiger partial charge in [-0.25, -0.2) is 0 Å². The second-order valence-electron chi connectivity index (χ2n) is 6.42. The minimum Gasteiger partial charge on any atom is -0.358 e. The van der Waals surface area contributed by atoms with Gasteiger partial charge in [0.15, 0.2) is 0 Å². The van der Waals surface area contributed by atoms with Crippen LogP contribution in [-0.4, -0.2) is 44.6 Å². The maximum Gasteiger partial charge on any atom is 0.404 e. The van der Waals surface area contributed by atoms with Crippen molar-refractivity contribution in [1.82, 2.24) is 20.0 Å². The summed E-state index contributed by atoms with van der Waals surface area (Å²) in [5.41, 5.74) is 1.68. The molecule has 0 bridgehead atoms. The lowest BCUT2D eigenvalue weighted by Crippen LogP contribution is -2.45. The third-order valence-electron chi connectivity index (χ3n) is 4.53. The predicted octanol–water partition coefficient (Wildman–Crippen LogP) is 2.71. The van der Waals surface area contributed by atoms with Gasteiger partial charge in [0, 0.05) is 24.7 Å². The zero-order chi connectivity index (χ0) is 18.7. The molecule has 26 heavy (non-hydrogen) atoms. The molecule has 138 valence electrons. The van der Waals surface area contributed by atoms with Crippen LogP contribution >= 0.6 is 15.9 Å². The van der Waals surface area contributed by atoms with Crippen molar-refractivity contribution in [3.63, 3.8) is 0 Å². The summed E-state index contributed by atoms with van der Waals surface area (Å²) < 4.78 is 1.94. The molecule has 2 heterocycles. The highest BCUT2D eigenvalue weighted by Gasteiger charge is 2.24. The Hall–Kier alpha value is -2.26. The van der Waals surface area contributed by atoms with Gasteiger partial charge in [0.05, 0.1) is 11.3 Å². The molecule has 0 aliphatic carbocycles. The smallest absolute Gasteiger partial charge is 0.358 e. The fraction of sp³-hybridized carbons (Fsp3) is 0.412. The number of hydrogen-bond donors (Lipinski definition) is 1. The number of amides is 1. The molecule has 0 saturated carbocycles. The highest BCUT2D eigenvalue weighted by atomic mass is 79.9. The van der Waals surface area contributed by atoms with Crippen molar-refractivity contribution in [3.8, 4) is 0 Å². The number of nitrogens with zero attached hydrogens (tertiary/aromatic N) is 4. The zero-order valence-corrected chi connectivity index (χ0v) is 16.0. The lowest BCUT2D eigenvalue weighted by molar-refractivity contribution is -0.390. The minimum atomic E-state index is -0.506. The Labute approximate surface area is 159 Å². The van der Waals surface area contributed by atoms with E-state index in [1.54, 1.807) is 10.9 Å². The fourth-order valence-electron chi connectivity index (χ4n) is 3.10. The van der Waals surface area contributed by atoms with Gasteiger partial charge in [-0.1, -0.05) is 18.2 Å². The number of aromatic nitrogens is 2. The van der Waals surface area contributed by atoms with Crippen LogP contribution in [0.2, 0.25) is 0 Å². The van der Waals surface area contributed by atoms with Crippen molar-refractivity contribution in [2.45, 2.75) is 32.5 Å². The van der Waals surface area contributed by atoms with E-state index in [0.717, 1.165) is 31.5 Å². The summed E-state index contributed by atoms with van der Waals surface area (Å²) >= 11 is 3.16. The summed E-state index contributed by atoms with van der Waals surface area (Å²) in [7, 11) is 0. The first kappa shape index (κ1) is 18.5. The molecule has 1 aliphatic heterocycles. The molecule has 2 aromatic rings. The summed E-state index contributed by atoms with van der Waals surface area (Å²) in [5.74, 6) is -0.210. The molecule has 1 aromatic heterocycles. The van der Waals surface area contributed by atoms with Crippen LogP contribution in [0.4, 0.5) is 5.82 Å². The molecular formula is C17H20BrN5O3. The van der Waals surface area contributed by atoms with Gasteiger partial charge in [0.25, 0.3) is 5.91 Å². The number of piperidine rings is 1. The van der Waals surface area contributed by atoms with Crippen LogP contribution in [0.1, 0.15) is 28.8 Å². The highest BCUT2D eigenvalue weighted by Crippen LogP contribution is 2.22. The summed E-state index contributed by atoms with van der Waals surface area (Å²) in [4.78, 5) is 24.9. The van der Waals surface area contributed by atoms with Crippen molar-refractivity contribution in [2.24, 2.45) is 0 Å². The number of carbonyl (C=O) groups is 1. The molecular weight excluding hydrogens is 402 g/mol. The molecule has 1 aromatic carbocycles. The van der Waals surface area contributed by atoms with E-state index in [4.69, 9.17) is 0 Å². The van der Waals surface area contributed by atoms with E-state index in [1.165, 1.54) is 0 Å². The maximum atomic E-state index is 12.4. The number of aryl methyl sites for hydroxylation is 1. The molecule has 9 heteroatoms. The van der Waals surface area contributed by atoms with Gasteiger partial charge in [0.1, 0.15) is 11.1 Å². The molecule has 0 spiro atoms. The first-order valence-corrected chi connectivity index (χ1v) is 9.19. The van der Waals surface area contributed by atoms with E-state index in [-0.39, 0.29) is 17.8 Å². The molecule has 1 amide bonds. The molecule has 0 unspecified atom stereocenters. The zero-order valence-electron chi connectivity index (χ0n) is 14.4. The molecule has 1 aliphatic rings. The summed E-state index contributed by atoms with van der Waals surface area (Å²) in [6.07, 6.45) is 3.29. The Bertz CT molecular complexity index is 814. The number of hydrogen-bond acceptors (Lipinski definition) is 5. The van der Waals surface area contributed by atoms with E-state index in [2.05, 4.69) is 31.2 Å². The van der Waals surface area contributed by atoms with Crippen molar-refractivity contribution < 1.29 is 9.72 Å². The van der Waals surface area contributed by atoms with Crippen molar-refractivity contribution >= 4 is 27.7 Å². The van der Waals surface area contributed by atoms with E-state index < -0.39 is 4.92 Å². The molecule has 1 N–H and O–H groups in total. The number of benzene rings is 1. The van der Waals surface area contributed by atoms with Crippen LogP contribution in [0, 0.1) is 17.0 Å². The SMILES string of the molecule is Cc1ccccc1C(=O)NC1CCN(Cn2cc(Br)c([N+](=O)[O-])n2)CC1. The number of carbonyl (C=O) groups excluding carboxylic acids is 1. The Morgan fingerprint density at radius 1 is 1.38 bits per heavy atom. The van der Waals surface area contributed by atoms with Gasteiger partial charge in [-0.2, -0.15) is 4.68 Å². The Kier molecular flexibility index (Phi) is 5.67. The van der Waals surface area contributed by atoms with E-state index in [9.17, 15) is 14.9 Å². The molecule has 0 radical (unpaired) electrons. The quantitative estimate of drug-likeness (QED) is 0.591. The lowest BCUT2D eigenvalue weighted by Gasteiger charge is -2.31. The first-order valence-electron chi connectivity index (χ1n) is 8.40. The van der Waals surface area contributed by atoms with Crippen LogP contribution < -0.4 is 5.32 Å². The minimum absolute atomic E-state index is 0.0341. The number of nitro groups is 1. The van der Waals surface area contributed by atoms with Crippen LogP contribution in [0.5, 0.6) is 0 Å². The van der Waals surface area contributed by atoms with Gasteiger partial charge < -0.3 is 15.4 Å². The van der Waals surface area contributed by atoms with Crippen LogP contribution in [0.3, 0.4) is 0 Å². The predicted molar refractivity (Wildman–Crippen MR) is 99.8 cm³/mol. The largest absolute Gasteiger partial charge is 0.404 e. The van der Waals surface area contributed by atoms with Crippen molar-refractivity contribution in [1.29, 1.82) is 0 Å². The number of likely N-dealkylation sites (tertiary alicyclic amines) is 1. The third kappa shape index (κ3) is 4.28.